The molecule has 1 aliphatic heterocycles. The van der Waals surface area contributed by atoms with Crippen molar-refractivity contribution >= 4 is 16.5 Å². The molecule has 5 heteroatoms. The first kappa shape index (κ1) is 10.8. The highest BCUT2D eigenvalue weighted by molar-refractivity contribution is 7.13. The van der Waals surface area contributed by atoms with Crippen molar-refractivity contribution in [3.63, 3.8) is 0 Å². The zero-order valence-electron chi connectivity index (χ0n) is 9.15. The van der Waals surface area contributed by atoms with Crippen LogP contribution in [0.1, 0.15) is 19.3 Å². The average molecular weight is 226 g/mol. The number of nitrogens with one attached hydrogen (secondary N) is 1. The number of piperidine rings is 1. The van der Waals surface area contributed by atoms with Gasteiger partial charge in [0, 0.05) is 6.54 Å². The molecule has 0 aromatic carbocycles. The lowest BCUT2D eigenvalue weighted by Gasteiger charge is -2.28. The minimum absolute atomic E-state index is 0.890. The smallest absolute Gasteiger partial charge is 0.205 e. The first-order chi connectivity index (χ1) is 7.34. The highest BCUT2D eigenvalue weighted by Crippen LogP contribution is 2.19. The van der Waals surface area contributed by atoms with Crippen molar-refractivity contribution in [2.45, 2.75) is 19.3 Å². The van der Waals surface area contributed by atoms with Crippen molar-refractivity contribution in [2.75, 3.05) is 32.0 Å². The third kappa shape index (κ3) is 3.43. The van der Waals surface area contributed by atoms with E-state index in [0.29, 0.717) is 0 Å². The second-order valence-corrected chi connectivity index (χ2v) is 5.04. The van der Waals surface area contributed by atoms with E-state index in [1.54, 1.807) is 16.8 Å². The van der Waals surface area contributed by atoms with Gasteiger partial charge in [0.15, 0.2) is 0 Å². The molecule has 0 radical (unpaired) electrons. The number of anilines is 1. The van der Waals surface area contributed by atoms with Crippen LogP contribution in [0.5, 0.6) is 0 Å². The molecule has 1 saturated heterocycles. The van der Waals surface area contributed by atoms with Crippen LogP contribution < -0.4 is 5.32 Å². The lowest BCUT2D eigenvalue weighted by Crippen LogP contribution is -2.30. The van der Waals surface area contributed by atoms with Gasteiger partial charge in [-0.15, -0.1) is 10.2 Å². The van der Waals surface area contributed by atoms with Crippen LogP contribution in [-0.4, -0.2) is 41.8 Å². The predicted octanol–water partition coefficient (Wildman–Crippen LogP) is 1.68. The Bertz CT molecular complexity index is 267. The molecule has 0 bridgehead atoms. The van der Waals surface area contributed by atoms with Gasteiger partial charge in [0.1, 0.15) is 5.51 Å². The zero-order valence-corrected chi connectivity index (χ0v) is 9.96. The normalized spacial score (nSPS) is 19.3. The number of hydrogen-bond acceptors (Lipinski definition) is 5. The molecule has 0 spiro atoms. The second-order valence-electron chi connectivity index (χ2n) is 4.21. The summed E-state index contributed by atoms with van der Waals surface area (Å²) in [6, 6.07) is 0. The zero-order chi connectivity index (χ0) is 10.5. The molecule has 0 atom stereocenters. The maximum Gasteiger partial charge on any atom is 0.205 e. The molecule has 0 saturated carbocycles. The maximum absolute atomic E-state index is 3.96. The minimum atomic E-state index is 0.890. The Kier molecular flexibility index (Phi) is 3.91. The average Bonchev–Trinajstić information content (AvgIpc) is 2.74. The van der Waals surface area contributed by atoms with E-state index >= 15 is 0 Å². The van der Waals surface area contributed by atoms with Crippen LogP contribution in [0.25, 0.3) is 0 Å². The molecule has 84 valence electrons. The molecule has 4 nitrogen and oxygen atoms in total. The first-order valence-electron chi connectivity index (χ1n) is 5.53. The van der Waals surface area contributed by atoms with Crippen LogP contribution >= 0.6 is 11.3 Å². The molecular formula is C10H18N4S. The molecule has 1 fully saturated rings. The quantitative estimate of drug-likeness (QED) is 0.848. The van der Waals surface area contributed by atoms with Gasteiger partial charge in [-0.05, 0) is 45.3 Å². The Hall–Kier alpha value is -0.680. The van der Waals surface area contributed by atoms with Crippen LogP contribution in [-0.2, 0) is 0 Å². The van der Waals surface area contributed by atoms with Crippen molar-refractivity contribution in [1.82, 2.24) is 15.1 Å². The largest absolute Gasteiger partial charge is 0.360 e. The summed E-state index contributed by atoms with van der Waals surface area (Å²) in [7, 11) is 2.20. The van der Waals surface area contributed by atoms with Crippen molar-refractivity contribution in [3.05, 3.63) is 5.51 Å². The van der Waals surface area contributed by atoms with Gasteiger partial charge in [-0.25, -0.2) is 0 Å². The topological polar surface area (TPSA) is 41.0 Å². The Labute approximate surface area is 94.7 Å². The van der Waals surface area contributed by atoms with Crippen LogP contribution in [0.2, 0.25) is 0 Å². The highest BCUT2D eigenvalue weighted by Gasteiger charge is 2.15. The van der Waals surface area contributed by atoms with Gasteiger partial charge in [0.2, 0.25) is 5.13 Å². The fraction of sp³-hybridized carbons (Fsp3) is 0.800. The monoisotopic (exact) mass is 226 g/mol. The SMILES string of the molecule is CN1CCC(CCNc2nncs2)CC1. The van der Waals surface area contributed by atoms with E-state index in [9.17, 15) is 0 Å². The summed E-state index contributed by atoms with van der Waals surface area (Å²) >= 11 is 1.57. The summed E-state index contributed by atoms with van der Waals surface area (Å²) < 4.78 is 0. The molecule has 2 heterocycles. The molecule has 0 amide bonds. The molecule has 1 N–H and O–H groups in total. The van der Waals surface area contributed by atoms with E-state index in [2.05, 4.69) is 27.5 Å². The van der Waals surface area contributed by atoms with Gasteiger partial charge in [0.05, 0.1) is 0 Å². The summed E-state index contributed by atoms with van der Waals surface area (Å²) in [5, 5.41) is 12.0. The van der Waals surface area contributed by atoms with Crippen molar-refractivity contribution in [1.29, 1.82) is 0 Å². The lowest BCUT2D eigenvalue weighted by atomic mass is 9.94. The number of likely N-dealkylation sites (tertiary alicyclic amines) is 1. The van der Waals surface area contributed by atoms with Crippen LogP contribution in [0.4, 0.5) is 5.13 Å². The fourth-order valence-electron chi connectivity index (χ4n) is 1.98. The molecule has 0 unspecified atom stereocenters. The first-order valence-corrected chi connectivity index (χ1v) is 6.41. The van der Waals surface area contributed by atoms with Crippen LogP contribution in [0.15, 0.2) is 5.51 Å². The van der Waals surface area contributed by atoms with Gasteiger partial charge in [-0.1, -0.05) is 11.3 Å². The Morgan fingerprint density at radius 3 is 3.00 bits per heavy atom. The number of aromatic nitrogens is 2. The molecule has 15 heavy (non-hydrogen) atoms. The Balaban J connectivity index is 1.62. The third-order valence-electron chi connectivity index (χ3n) is 3.03. The van der Waals surface area contributed by atoms with Crippen LogP contribution in [0, 0.1) is 5.92 Å². The van der Waals surface area contributed by atoms with Gasteiger partial charge in [-0.3, -0.25) is 0 Å². The number of rotatable bonds is 4. The van der Waals surface area contributed by atoms with Crippen molar-refractivity contribution < 1.29 is 0 Å². The number of nitrogens with zero attached hydrogens (tertiary/aromatic N) is 3. The Morgan fingerprint density at radius 1 is 1.53 bits per heavy atom. The predicted molar refractivity (Wildman–Crippen MR) is 63.2 cm³/mol. The molecule has 1 aliphatic rings. The van der Waals surface area contributed by atoms with Crippen molar-refractivity contribution in [3.8, 4) is 0 Å². The molecule has 1 aromatic heterocycles. The van der Waals surface area contributed by atoms with E-state index < -0.39 is 0 Å². The highest BCUT2D eigenvalue weighted by atomic mass is 32.1. The molecule has 2 rings (SSSR count). The summed E-state index contributed by atoms with van der Waals surface area (Å²) in [4.78, 5) is 2.41. The second kappa shape index (κ2) is 5.42. The third-order valence-corrected chi connectivity index (χ3v) is 3.68. The molecule has 0 aliphatic carbocycles. The van der Waals surface area contributed by atoms with Crippen LogP contribution in [0.3, 0.4) is 0 Å². The number of hydrogen-bond donors (Lipinski definition) is 1. The maximum atomic E-state index is 3.96. The van der Waals surface area contributed by atoms with E-state index in [4.69, 9.17) is 0 Å². The minimum Gasteiger partial charge on any atom is -0.360 e. The van der Waals surface area contributed by atoms with E-state index in [1.807, 2.05) is 0 Å². The summed E-state index contributed by atoms with van der Waals surface area (Å²) in [5.74, 6) is 0.890. The van der Waals surface area contributed by atoms with Crippen molar-refractivity contribution in [2.24, 2.45) is 5.92 Å². The summed E-state index contributed by atoms with van der Waals surface area (Å²) in [5.41, 5.74) is 1.76. The van der Waals surface area contributed by atoms with E-state index in [1.165, 1.54) is 32.4 Å². The summed E-state index contributed by atoms with van der Waals surface area (Å²) in [6.07, 6.45) is 3.94. The van der Waals surface area contributed by atoms with Gasteiger partial charge in [-0.2, -0.15) is 0 Å². The Morgan fingerprint density at radius 2 is 2.33 bits per heavy atom. The summed E-state index contributed by atoms with van der Waals surface area (Å²) in [6.45, 7) is 3.54. The molecule has 1 aromatic rings. The standard InChI is InChI=1S/C10H18N4S/c1-14-6-3-9(4-7-14)2-5-11-10-13-12-8-15-10/h8-9H,2-7H2,1H3,(H,11,13). The van der Waals surface area contributed by atoms with E-state index in [0.717, 1.165) is 17.6 Å². The fourth-order valence-corrected chi connectivity index (χ4v) is 2.46. The lowest BCUT2D eigenvalue weighted by molar-refractivity contribution is 0.215. The van der Waals surface area contributed by atoms with E-state index in [-0.39, 0.29) is 0 Å². The van der Waals surface area contributed by atoms with Gasteiger partial charge in [0.25, 0.3) is 0 Å². The van der Waals surface area contributed by atoms with Gasteiger partial charge >= 0.3 is 0 Å². The van der Waals surface area contributed by atoms with Gasteiger partial charge < -0.3 is 10.2 Å². The molecular weight excluding hydrogens is 208 g/mol.